The SMILES string of the molecule is CC(C)c1c(C(=O)NCC[C@@H](O)C[C@@H](O)CC(=O)O)c(-c2ccccc2)c(-c2ccc(F)cc2)n1CC[C@@H](O)C[C@@H](O)CC(=O)O. The van der Waals surface area contributed by atoms with Crippen LogP contribution in [0, 0.1) is 5.82 Å². The lowest BCUT2D eigenvalue weighted by atomic mass is 9.94. The van der Waals surface area contributed by atoms with Gasteiger partial charge in [-0.1, -0.05) is 44.2 Å². The van der Waals surface area contributed by atoms with E-state index in [-0.39, 0.29) is 44.7 Å². The number of carboxylic acid groups (broad SMARTS) is 2. The maximum Gasteiger partial charge on any atom is 0.305 e. The highest BCUT2D eigenvalue weighted by Gasteiger charge is 2.31. The lowest BCUT2D eigenvalue weighted by Gasteiger charge is -2.20. The topological polar surface area (TPSA) is 190 Å². The Morgan fingerprint density at radius 2 is 1.30 bits per heavy atom. The number of rotatable bonds is 18. The van der Waals surface area contributed by atoms with Crippen LogP contribution in [-0.4, -0.2) is 84.0 Å². The number of amides is 1. The molecule has 250 valence electrons. The molecule has 0 saturated heterocycles. The summed E-state index contributed by atoms with van der Waals surface area (Å²) in [6.07, 6.45) is -5.70. The zero-order valence-electron chi connectivity index (χ0n) is 26.0. The van der Waals surface area contributed by atoms with Crippen molar-refractivity contribution < 1.29 is 49.4 Å². The van der Waals surface area contributed by atoms with E-state index in [0.29, 0.717) is 33.6 Å². The van der Waals surface area contributed by atoms with Crippen LogP contribution in [-0.2, 0) is 16.1 Å². The van der Waals surface area contributed by atoms with Crippen molar-refractivity contribution in [2.75, 3.05) is 6.54 Å². The number of nitrogens with one attached hydrogen (secondary N) is 1. The van der Waals surface area contributed by atoms with Crippen molar-refractivity contribution in [1.29, 1.82) is 0 Å². The van der Waals surface area contributed by atoms with Gasteiger partial charge in [-0.05, 0) is 67.0 Å². The van der Waals surface area contributed by atoms with E-state index in [0.717, 1.165) is 0 Å². The summed E-state index contributed by atoms with van der Waals surface area (Å²) in [6.45, 7) is 4.04. The Morgan fingerprint density at radius 3 is 1.83 bits per heavy atom. The molecule has 4 atom stereocenters. The van der Waals surface area contributed by atoms with Crippen molar-refractivity contribution in [1.82, 2.24) is 9.88 Å². The molecule has 11 nitrogen and oxygen atoms in total. The molecule has 0 aliphatic rings. The minimum atomic E-state index is -1.24. The number of aromatic nitrogens is 1. The Balaban J connectivity index is 2.06. The maximum atomic E-state index is 14.0. The normalized spacial score (nSPS) is 14.1. The Morgan fingerprint density at radius 1 is 0.761 bits per heavy atom. The molecule has 0 saturated carbocycles. The molecule has 1 heterocycles. The summed E-state index contributed by atoms with van der Waals surface area (Å²) < 4.78 is 15.9. The number of hydrogen-bond donors (Lipinski definition) is 7. The van der Waals surface area contributed by atoms with Gasteiger partial charge in [-0.2, -0.15) is 0 Å². The van der Waals surface area contributed by atoms with Crippen LogP contribution in [0.2, 0.25) is 0 Å². The Bertz CT molecular complexity index is 1460. The largest absolute Gasteiger partial charge is 0.481 e. The van der Waals surface area contributed by atoms with Crippen LogP contribution in [0.5, 0.6) is 0 Å². The molecular weight excluding hydrogens is 599 g/mol. The van der Waals surface area contributed by atoms with E-state index in [1.165, 1.54) is 12.1 Å². The average Bonchev–Trinajstić information content (AvgIpc) is 3.31. The summed E-state index contributed by atoms with van der Waals surface area (Å²) in [6, 6.07) is 15.0. The first-order chi connectivity index (χ1) is 21.8. The van der Waals surface area contributed by atoms with Gasteiger partial charge in [0.15, 0.2) is 0 Å². The molecule has 0 aliphatic heterocycles. The second-order valence-electron chi connectivity index (χ2n) is 11.8. The summed E-state index contributed by atoms with van der Waals surface area (Å²) in [5.41, 5.74) is 3.49. The molecule has 12 heteroatoms. The van der Waals surface area contributed by atoms with Crippen molar-refractivity contribution >= 4 is 17.8 Å². The number of nitrogens with zero attached hydrogens (tertiary/aromatic N) is 1. The summed E-state index contributed by atoms with van der Waals surface area (Å²) in [5, 5.41) is 61.7. The summed E-state index contributed by atoms with van der Waals surface area (Å²) >= 11 is 0. The van der Waals surface area contributed by atoms with Crippen molar-refractivity contribution in [2.45, 2.75) is 89.3 Å². The standard InChI is InChI=1S/C34H43FN2O9/c1-20(2)32-31(34(46)36-14-12-24(38)16-26(40)18-28(42)43)30(21-6-4-3-5-7-21)33(22-8-10-23(35)11-9-22)37(32)15-13-25(39)17-27(41)19-29(44)45/h3-11,20,24-27,38-41H,12-19H2,1-2H3,(H,36,46)(H,42,43)(H,44,45)/t24-,25-,26-,27-/m1/s1. The number of carbonyl (C=O) groups excluding carboxylic acids is 1. The molecule has 0 bridgehead atoms. The Kier molecular flexibility index (Phi) is 13.4. The van der Waals surface area contributed by atoms with E-state index in [9.17, 15) is 39.2 Å². The second-order valence-corrected chi connectivity index (χ2v) is 11.8. The summed E-state index contributed by atoms with van der Waals surface area (Å²) in [5.74, 6) is -3.48. The van der Waals surface area contributed by atoms with E-state index < -0.39 is 60.9 Å². The molecule has 3 aromatic rings. The quantitative estimate of drug-likeness (QED) is 0.108. The number of aliphatic hydroxyl groups excluding tert-OH is 4. The third-order valence-electron chi connectivity index (χ3n) is 7.62. The predicted molar refractivity (Wildman–Crippen MR) is 169 cm³/mol. The fourth-order valence-corrected chi connectivity index (χ4v) is 5.65. The molecule has 1 aromatic heterocycles. The van der Waals surface area contributed by atoms with Crippen molar-refractivity contribution in [3.63, 3.8) is 0 Å². The molecule has 2 aromatic carbocycles. The first kappa shape index (κ1) is 36.4. The Hall–Kier alpha value is -4.10. The predicted octanol–water partition coefficient (Wildman–Crippen LogP) is 3.77. The average molecular weight is 643 g/mol. The molecular formula is C34H43FN2O9. The second kappa shape index (κ2) is 17.0. The van der Waals surface area contributed by atoms with Crippen LogP contribution in [0.1, 0.15) is 74.3 Å². The highest BCUT2D eigenvalue weighted by Crippen LogP contribution is 2.42. The van der Waals surface area contributed by atoms with Gasteiger partial charge in [0, 0.05) is 24.3 Å². The number of halogens is 1. The molecule has 7 N–H and O–H groups in total. The van der Waals surface area contributed by atoms with E-state index >= 15 is 0 Å². The van der Waals surface area contributed by atoms with Crippen LogP contribution < -0.4 is 5.32 Å². The highest BCUT2D eigenvalue weighted by molar-refractivity contribution is 6.06. The van der Waals surface area contributed by atoms with E-state index in [4.69, 9.17) is 10.2 Å². The smallest absolute Gasteiger partial charge is 0.305 e. The van der Waals surface area contributed by atoms with Crippen molar-refractivity contribution in [2.24, 2.45) is 0 Å². The van der Waals surface area contributed by atoms with Crippen molar-refractivity contribution in [3.8, 4) is 22.4 Å². The van der Waals surface area contributed by atoms with Gasteiger partial charge >= 0.3 is 11.9 Å². The van der Waals surface area contributed by atoms with Crippen molar-refractivity contribution in [3.05, 3.63) is 71.7 Å². The van der Waals surface area contributed by atoms with Crippen LogP contribution in [0.4, 0.5) is 4.39 Å². The molecule has 46 heavy (non-hydrogen) atoms. The van der Waals surface area contributed by atoms with Gasteiger partial charge in [0.05, 0.1) is 48.5 Å². The third kappa shape index (κ3) is 10.2. The number of aliphatic hydroxyl groups is 4. The summed E-state index contributed by atoms with van der Waals surface area (Å²) in [4.78, 5) is 35.9. The first-order valence-electron chi connectivity index (χ1n) is 15.3. The third-order valence-corrected chi connectivity index (χ3v) is 7.62. The number of hydrogen-bond acceptors (Lipinski definition) is 7. The van der Waals surface area contributed by atoms with Crippen LogP contribution in [0.25, 0.3) is 22.4 Å². The van der Waals surface area contributed by atoms with Gasteiger partial charge in [-0.15, -0.1) is 0 Å². The van der Waals surface area contributed by atoms with Crippen LogP contribution in [0.15, 0.2) is 54.6 Å². The minimum Gasteiger partial charge on any atom is -0.481 e. The molecule has 1 amide bonds. The lowest BCUT2D eigenvalue weighted by Crippen LogP contribution is -2.30. The van der Waals surface area contributed by atoms with Gasteiger partial charge in [-0.25, -0.2) is 4.39 Å². The molecule has 0 radical (unpaired) electrons. The van der Waals surface area contributed by atoms with Crippen LogP contribution >= 0.6 is 0 Å². The van der Waals surface area contributed by atoms with Crippen LogP contribution in [0.3, 0.4) is 0 Å². The number of carbonyl (C=O) groups is 3. The van der Waals surface area contributed by atoms with E-state index in [2.05, 4.69) is 5.32 Å². The molecule has 0 aliphatic carbocycles. The minimum absolute atomic E-state index is 0.0306. The molecule has 3 rings (SSSR count). The zero-order valence-corrected chi connectivity index (χ0v) is 26.0. The molecule has 0 fully saturated rings. The zero-order chi connectivity index (χ0) is 34.0. The summed E-state index contributed by atoms with van der Waals surface area (Å²) in [7, 11) is 0. The monoisotopic (exact) mass is 642 g/mol. The van der Waals surface area contributed by atoms with E-state index in [1.807, 2.05) is 48.7 Å². The molecule has 0 unspecified atom stereocenters. The number of carboxylic acids is 2. The maximum absolute atomic E-state index is 14.0. The number of benzene rings is 2. The highest BCUT2D eigenvalue weighted by atomic mass is 19.1. The van der Waals surface area contributed by atoms with Gasteiger partial charge < -0.3 is 40.5 Å². The molecule has 0 spiro atoms. The van der Waals surface area contributed by atoms with Gasteiger partial charge in [-0.3, -0.25) is 14.4 Å². The first-order valence-corrected chi connectivity index (χ1v) is 15.3. The van der Waals surface area contributed by atoms with Gasteiger partial charge in [0.25, 0.3) is 5.91 Å². The lowest BCUT2D eigenvalue weighted by molar-refractivity contribution is -0.140. The Labute approximate surface area is 266 Å². The van der Waals surface area contributed by atoms with Gasteiger partial charge in [0.1, 0.15) is 5.82 Å². The van der Waals surface area contributed by atoms with E-state index in [1.54, 1.807) is 12.1 Å². The fourth-order valence-electron chi connectivity index (χ4n) is 5.65. The van der Waals surface area contributed by atoms with Gasteiger partial charge in [0.2, 0.25) is 0 Å². The fraction of sp³-hybridized carbons (Fsp3) is 0.441. The number of aliphatic carboxylic acids is 2.